The summed E-state index contributed by atoms with van der Waals surface area (Å²) < 4.78 is 50.3. The molecule has 9 heteroatoms. The van der Waals surface area contributed by atoms with Crippen LogP contribution < -0.4 is 15.5 Å². The molecule has 24 heavy (non-hydrogen) atoms. The molecule has 0 aromatic heterocycles. The van der Waals surface area contributed by atoms with Crippen LogP contribution in [0, 0.1) is 5.82 Å². The van der Waals surface area contributed by atoms with Gasteiger partial charge in [-0.2, -0.15) is 13.2 Å². The second-order valence-corrected chi connectivity index (χ2v) is 5.17. The lowest BCUT2D eigenvalue weighted by Gasteiger charge is -2.14. The number of guanidine groups is 1. The highest BCUT2D eigenvalue weighted by Gasteiger charge is 2.26. The lowest BCUT2D eigenvalue weighted by Crippen LogP contribution is -2.38. The molecule has 0 aliphatic rings. The Bertz CT molecular complexity index is 533. The average molecular weight is 462 g/mol. The Balaban J connectivity index is 0.00000529. The standard InChI is InChI=1S/C15H22F4N4.HI/c1-4-20-14(21-8-7-15(17,18)19)22-10-11-5-6-13(23(2)3)12(16)9-11;/h5-6,9H,4,7-8,10H2,1-3H3,(H2,20,21,22);1H. The van der Waals surface area contributed by atoms with Crippen LogP contribution in [0.15, 0.2) is 23.2 Å². The number of alkyl halides is 3. The Kier molecular flexibility index (Phi) is 10.0. The molecule has 0 spiro atoms. The van der Waals surface area contributed by atoms with Gasteiger partial charge in [0.15, 0.2) is 5.96 Å². The maximum atomic E-state index is 13.9. The molecular weight excluding hydrogens is 439 g/mol. The Labute approximate surface area is 156 Å². The normalized spacial score (nSPS) is 11.7. The average Bonchev–Trinajstić information content (AvgIpc) is 2.43. The van der Waals surface area contributed by atoms with Crippen LogP contribution in [0.1, 0.15) is 18.9 Å². The summed E-state index contributed by atoms with van der Waals surface area (Å²) in [6.07, 6.45) is -5.15. The smallest absolute Gasteiger partial charge is 0.375 e. The van der Waals surface area contributed by atoms with Crippen molar-refractivity contribution in [1.29, 1.82) is 0 Å². The topological polar surface area (TPSA) is 39.7 Å². The van der Waals surface area contributed by atoms with Crippen LogP contribution in [-0.2, 0) is 6.54 Å². The number of halogens is 5. The molecule has 138 valence electrons. The van der Waals surface area contributed by atoms with Crippen molar-refractivity contribution in [1.82, 2.24) is 10.6 Å². The zero-order valence-electron chi connectivity index (χ0n) is 13.9. The van der Waals surface area contributed by atoms with Crippen molar-refractivity contribution in [3.8, 4) is 0 Å². The van der Waals surface area contributed by atoms with Crippen LogP contribution in [0.5, 0.6) is 0 Å². The summed E-state index contributed by atoms with van der Waals surface area (Å²) in [4.78, 5) is 5.82. The molecule has 4 nitrogen and oxygen atoms in total. The molecule has 0 saturated heterocycles. The quantitative estimate of drug-likeness (QED) is 0.294. The molecule has 0 unspecified atom stereocenters. The number of hydrogen-bond donors (Lipinski definition) is 2. The molecule has 0 saturated carbocycles. The first-order valence-corrected chi connectivity index (χ1v) is 7.27. The van der Waals surface area contributed by atoms with E-state index in [0.29, 0.717) is 17.8 Å². The van der Waals surface area contributed by atoms with E-state index >= 15 is 0 Å². The van der Waals surface area contributed by atoms with Gasteiger partial charge in [-0.3, -0.25) is 0 Å². The SMILES string of the molecule is CCNC(=NCc1ccc(N(C)C)c(F)c1)NCCC(F)(F)F.I. The predicted octanol–water partition coefficient (Wildman–Crippen LogP) is 3.52. The van der Waals surface area contributed by atoms with Gasteiger partial charge in [0.05, 0.1) is 18.7 Å². The van der Waals surface area contributed by atoms with Gasteiger partial charge in [0.1, 0.15) is 5.82 Å². The van der Waals surface area contributed by atoms with E-state index in [1.165, 1.54) is 6.07 Å². The van der Waals surface area contributed by atoms with Gasteiger partial charge in [-0.25, -0.2) is 9.38 Å². The molecule has 0 amide bonds. The molecular formula is C15H23F4IN4. The highest BCUT2D eigenvalue weighted by molar-refractivity contribution is 14.0. The van der Waals surface area contributed by atoms with E-state index in [1.54, 1.807) is 31.1 Å². The summed E-state index contributed by atoms with van der Waals surface area (Å²) in [5, 5.41) is 5.46. The third-order valence-electron chi connectivity index (χ3n) is 2.96. The van der Waals surface area contributed by atoms with E-state index in [4.69, 9.17) is 0 Å². The molecule has 0 fully saturated rings. The number of aliphatic imine (C=N–C) groups is 1. The van der Waals surface area contributed by atoms with E-state index in [2.05, 4.69) is 15.6 Å². The lowest BCUT2D eigenvalue weighted by atomic mass is 10.2. The van der Waals surface area contributed by atoms with Gasteiger partial charge in [0, 0.05) is 27.2 Å². The predicted molar refractivity (Wildman–Crippen MR) is 99.6 cm³/mol. The van der Waals surface area contributed by atoms with Crippen molar-refractivity contribution in [3.63, 3.8) is 0 Å². The number of rotatable bonds is 6. The molecule has 2 N–H and O–H groups in total. The third kappa shape index (κ3) is 8.55. The summed E-state index contributed by atoms with van der Waals surface area (Å²) in [5.74, 6) is -0.0911. The third-order valence-corrected chi connectivity index (χ3v) is 2.96. The van der Waals surface area contributed by atoms with Crippen molar-refractivity contribution in [2.75, 3.05) is 32.1 Å². The summed E-state index contributed by atoms with van der Waals surface area (Å²) in [5.41, 5.74) is 1.11. The van der Waals surface area contributed by atoms with Crippen LogP contribution in [0.4, 0.5) is 23.2 Å². The fourth-order valence-corrected chi connectivity index (χ4v) is 1.85. The largest absolute Gasteiger partial charge is 0.390 e. The summed E-state index contributed by atoms with van der Waals surface area (Å²) in [6.45, 7) is 2.24. The van der Waals surface area contributed by atoms with E-state index < -0.39 is 12.6 Å². The number of benzene rings is 1. The van der Waals surface area contributed by atoms with Gasteiger partial charge >= 0.3 is 6.18 Å². The number of hydrogen-bond acceptors (Lipinski definition) is 2. The zero-order chi connectivity index (χ0) is 17.5. The first-order valence-electron chi connectivity index (χ1n) is 7.27. The Morgan fingerprint density at radius 3 is 2.38 bits per heavy atom. The second-order valence-electron chi connectivity index (χ2n) is 5.17. The second kappa shape index (κ2) is 10.6. The van der Waals surface area contributed by atoms with E-state index in [9.17, 15) is 17.6 Å². The van der Waals surface area contributed by atoms with Crippen molar-refractivity contribution < 1.29 is 17.6 Å². The molecule has 1 aromatic rings. The van der Waals surface area contributed by atoms with Crippen molar-refractivity contribution in [2.24, 2.45) is 4.99 Å². The minimum atomic E-state index is -4.21. The minimum Gasteiger partial charge on any atom is -0.375 e. The van der Waals surface area contributed by atoms with Gasteiger partial charge in [0.2, 0.25) is 0 Å². The first kappa shape index (κ1) is 22.7. The fourth-order valence-electron chi connectivity index (χ4n) is 1.85. The molecule has 0 radical (unpaired) electrons. The molecule has 1 aromatic carbocycles. The molecule has 0 atom stereocenters. The maximum Gasteiger partial charge on any atom is 0.390 e. The molecule has 0 aliphatic heterocycles. The first-order chi connectivity index (χ1) is 10.7. The molecule has 0 bridgehead atoms. The van der Waals surface area contributed by atoms with Crippen LogP contribution in [0.2, 0.25) is 0 Å². The van der Waals surface area contributed by atoms with Crippen molar-refractivity contribution >= 4 is 35.6 Å². The summed E-state index contributed by atoms with van der Waals surface area (Å²) >= 11 is 0. The molecule has 0 heterocycles. The number of nitrogens with one attached hydrogen (secondary N) is 2. The monoisotopic (exact) mass is 462 g/mol. The van der Waals surface area contributed by atoms with Gasteiger partial charge < -0.3 is 15.5 Å². The van der Waals surface area contributed by atoms with Crippen LogP contribution in [0.3, 0.4) is 0 Å². The molecule has 0 aliphatic carbocycles. The zero-order valence-corrected chi connectivity index (χ0v) is 16.2. The van der Waals surface area contributed by atoms with E-state index in [-0.39, 0.29) is 48.8 Å². The van der Waals surface area contributed by atoms with Crippen LogP contribution in [-0.4, -0.2) is 39.3 Å². The number of anilines is 1. The van der Waals surface area contributed by atoms with Gasteiger partial charge in [-0.05, 0) is 24.6 Å². The van der Waals surface area contributed by atoms with Crippen LogP contribution in [0.25, 0.3) is 0 Å². The van der Waals surface area contributed by atoms with Crippen LogP contribution >= 0.6 is 24.0 Å². The summed E-state index contributed by atoms with van der Waals surface area (Å²) in [6, 6.07) is 4.75. The van der Waals surface area contributed by atoms with Gasteiger partial charge in [0.25, 0.3) is 0 Å². The highest BCUT2D eigenvalue weighted by atomic mass is 127. The Morgan fingerprint density at radius 1 is 1.21 bits per heavy atom. The fraction of sp³-hybridized carbons (Fsp3) is 0.533. The van der Waals surface area contributed by atoms with E-state index in [0.717, 1.165) is 0 Å². The molecule has 1 rings (SSSR count). The lowest BCUT2D eigenvalue weighted by molar-refractivity contribution is -0.132. The highest BCUT2D eigenvalue weighted by Crippen LogP contribution is 2.19. The van der Waals surface area contributed by atoms with Crippen molar-refractivity contribution in [3.05, 3.63) is 29.6 Å². The summed E-state index contributed by atoms with van der Waals surface area (Å²) in [7, 11) is 3.48. The van der Waals surface area contributed by atoms with E-state index in [1.807, 2.05) is 6.92 Å². The van der Waals surface area contributed by atoms with Gasteiger partial charge in [-0.1, -0.05) is 6.07 Å². The Hall–Kier alpha value is -1.26. The Morgan fingerprint density at radius 2 is 1.88 bits per heavy atom. The minimum absolute atomic E-state index is 0. The number of nitrogens with zero attached hydrogens (tertiary/aromatic N) is 2. The maximum absolute atomic E-state index is 13.9. The van der Waals surface area contributed by atoms with Crippen molar-refractivity contribution in [2.45, 2.75) is 26.1 Å². The van der Waals surface area contributed by atoms with Gasteiger partial charge in [-0.15, -0.1) is 24.0 Å².